The van der Waals surface area contributed by atoms with Gasteiger partial charge in [-0.2, -0.15) is 0 Å². The predicted molar refractivity (Wildman–Crippen MR) is 175 cm³/mol. The summed E-state index contributed by atoms with van der Waals surface area (Å²) in [7, 11) is 0. The highest BCUT2D eigenvalue weighted by Gasteiger charge is 2.26. The van der Waals surface area contributed by atoms with Crippen molar-refractivity contribution < 1.29 is 0 Å². The molecule has 190 valence electrons. The summed E-state index contributed by atoms with van der Waals surface area (Å²) < 4.78 is 2.67. The molecule has 9 rings (SSSR count). The zero-order valence-electron chi connectivity index (χ0n) is 22.1. The number of fused-ring (bicyclic) bond motifs is 13. The Kier molecular flexibility index (Phi) is 4.84. The minimum atomic E-state index is 1.04. The van der Waals surface area contributed by atoms with Crippen molar-refractivity contribution in [3.8, 4) is 55.6 Å². The van der Waals surface area contributed by atoms with Crippen LogP contribution in [-0.4, -0.2) is 4.98 Å². The number of hydrogen-bond acceptors (Lipinski definition) is 2. The molecule has 8 aromatic rings. The maximum absolute atomic E-state index is 4.92. The summed E-state index contributed by atoms with van der Waals surface area (Å²) in [5, 5.41) is 3.81. The minimum absolute atomic E-state index is 1.04. The van der Waals surface area contributed by atoms with Crippen LogP contribution in [0.1, 0.15) is 0 Å². The van der Waals surface area contributed by atoms with Gasteiger partial charge in [-0.15, -0.1) is 11.3 Å². The Morgan fingerprint density at radius 1 is 0.390 bits per heavy atom. The molecule has 0 saturated carbocycles. The van der Waals surface area contributed by atoms with Gasteiger partial charge in [0.05, 0.1) is 5.52 Å². The number of aromatic nitrogens is 1. The largest absolute Gasteiger partial charge is 0.256 e. The summed E-state index contributed by atoms with van der Waals surface area (Å²) in [4.78, 5) is 4.92. The Morgan fingerprint density at radius 3 is 1.80 bits per heavy atom. The maximum Gasteiger partial charge on any atom is 0.0786 e. The Morgan fingerprint density at radius 2 is 0.976 bits per heavy atom. The molecule has 0 saturated heterocycles. The van der Waals surface area contributed by atoms with Crippen molar-refractivity contribution in [1.29, 1.82) is 0 Å². The van der Waals surface area contributed by atoms with Gasteiger partial charge in [0, 0.05) is 42.9 Å². The Hall–Kier alpha value is -5.05. The van der Waals surface area contributed by atoms with E-state index in [9.17, 15) is 0 Å². The van der Waals surface area contributed by atoms with E-state index < -0.39 is 0 Å². The van der Waals surface area contributed by atoms with E-state index in [2.05, 4.69) is 127 Å². The molecule has 1 nitrogen and oxygen atoms in total. The van der Waals surface area contributed by atoms with E-state index in [0.29, 0.717) is 0 Å². The zero-order valence-corrected chi connectivity index (χ0v) is 23.0. The average Bonchev–Trinajstić information content (AvgIpc) is 3.42. The third-order valence-corrected chi connectivity index (χ3v) is 9.73. The van der Waals surface area contributed by atoms with Crippen molar-refractivity contribution in [1.82, 2.24) is 4.98 Å². The second-order valence-corrected chi connectivity index (χ2v) is 11.7. The quantitative estimate of drug-likeness (QED) is 0.203. The highest BCUT2D eigenvalue weighted by Crippen LogP contribution is 2.52. The lowest BCUT2D eigenvalue weighted by Gasteiger charge is -2.25. The van der Waals surface area contributed by atoms with Crippen molar-refractivity contribution >= 4 is 42.4 Å². The number of hydrogen-bond donors (Lipinski definition) is 0. The first-order chi connectivity index (χ1) is 20.4. The Bertz CT molecular complexity index is 2320. The van der Waals surface area contributed by atoms with Gasteiger partial charge in [-0.1, -0.05) is 121 Å². The van der Waals surface area contributed by atoms with Gasteiger partial charge in [-0.25, -0.2) is 0 Å². The van der Waals surface area contributed by atoms with E-state index in [0.717, 1.165) is 10.9 Å². The second kappa shape index (κ2) is 8.72. The van der Waals surface area contributed by atoms with Crippen LogP contribution in [-0.2, 0) is 0 Å². The number of nitrogens with zero attached hydrogens (tertiary/aromatic N) is 1. The lowest BCUT2D eigenvalue weighted by atomic mass is 9.78. The van der Waals surface area contributed by atoms with Crippen molar-refractivity contribution in [2.45, 2.75) is 0 Å². The second-order valence-electron chi connectivity index (χ2n) is 10.7. The van der Waals surface area contributed by atoms with Crippen LogP contribution < -0.4 is 0 Å². The summed E-state index contributed by atoms with van der Waals surface area (Å²) in [6.45, 7) is 0. The third-order valence-electron chi connectivity index (χ3n) is 8.51. The highest BCUT2D eigenvalue weighted by molar-refractivity contribution is 7.26. The maximum atomic E-state index is 4.92. The summed E-state index contributed by atoms with van der Waals surface area (Å²) in [5.74, 6) is 0. The molecule has 0 fully saturated rings. The molecule has 1 aliphatic rings. The van der Waals surface area contributed by atoms with Crippen LogP contribution in [0, 0.1) is 0 Å². The van der Waals surface area contributed by atoms with Gasteiger partial charge in [0.25, 0.3) is 0 Å². The molecule has 2 heteroatoms. The molecule has 1 aliphatic carbocycles. The highest BCUT2D eigenvalue weighted by atomic mass is 32.1. The standard InChI is InChI=1S/C39H23NS/c1-3-14-28-26(12-1)32-22-21-24-10-9-23-40-38(24)37(32)30-15-4-2-11-25(30)29-16-7-17-31(36(28)29)34-19-8-18-33-27-13-5-6-20-35(27)41-39(33)34/h1-23H. The minimum Gasteiger partial charge on any atom is -0.256 e. The summed E-state index contributed by atoms with van der Waals surface area (Å²) in [6, 6.07) is 48.8. The number of thiophene rings is 1. The van der Waals surface area contributed by atoms with Gasteiger partial charge in [0.1, 0.15) is 0 Å². The lowest BCUT2D eigenvalue weighted by molar-refractivity contribution is 1.41. The molecule has 0 unspecified atom stereocenters. The van der Waals surface area contributed by atoms with Gasteiger partial charge in [0.2, 0.25) is 0 Å². The van der Waals surface area contributed by atoms with E-state index in [1.54, 1.807) is 0 Å². The average molecular weight is 538 g/mol. The molecule has 0 aliphatic heterocycles. The SMILES string of the molecule is c1ccc2c(c1)-c1ccc3cccnc3c1-c1ccccc1-c1cccc(-c3cccc4c3sc3ccccc34)c1-2. The molecule has 0 radical (unpaired) electrons. The summed E-state index contributed by atoms with van der Waals surface area (Å²) in [5.41, 5.74) is 13.5. The van der Waals surface area contributed by atoms with E-state index >= 15 is 0 Å². The number of pyridine rings is 1. The first kappa shape index (κ1) is 22.7. The van der Waals surface area contributed by atoms with E-state index in [1.807, 2.05) is 23.6 Å². The van der Waals surface area contributed by atoms with Crippen LogP contribution in [0.15, 0.2) is 140 Å². The van der Waals surface area contributed by atoms with Crippen LogP contribution in [0.3, 0.4) is 0 Å². The topological polar surface area (TPSA) is 12.9 Å². The van der Waals surface area contributed by atoms with Crippen molar-refractivity contribution in [2.24, 2.45) is 0 Å². The number of rotatable bonds is 1. The zero-order chi connectivity index (χ0) is 26.9. The fourth-order valence-electron chi connectivity index (χ4n) is 6.76. The summed E-state index contributed by atoms with van der Waals surface area (Å²) in [6.07, 6.45) is 1.91. The first-order valence-corrected chi connectivity index (χ1v) is 14.8. The van der Waals surface area contributed by atoms with Crippen LogP contribution in [0.25, 0.3) is 86.7 Å². The molecule has 2 heterocycles. The van der Waals surface area contributed by atoms with Crippen molar-refractivity contribution in [3.63, 3.8) is 0 Å². The van der Waals surface area contributed by atoms with Crippen LogP contribution in [0.5, 0.6) is 0 Å². The molecule has 2 aromatic heterocycles. The lowest BCUT2D eigenvalue weighted by Crippen LogP contribution is -2.00. The van der Waals surface area contributed by atoms with Gasteiger partial charge in [0.15, 0.2) is 0 Å². The molecule has 0 bridgehead atoms. The fraction of sp³-hybridized carbons (Fsp3) is 0. The number of benzene rings is 6. The van der Waals surface area contributed by atoms with E-state index in [1.165, 1.54) is 75.8 Å². The third kappa shape index (κ3) is 3.26. The molecule has 0 amide bonds. The Labute approximate surface area is 242 Å². The predicted octanol–water partition coefficient (Wildman–Crippen LogP) is 11.3. The van der Waals surface area contributed by atoms with Crippen molar-refractivity contribution in [3.05, 3.63) is 140 Å². The normalized spacial score (nSPS) is 11.9. The van der Waals surface area contributed by atoms with Crippen LogP contribution in [0.2, 0.25) is 0 Å². The van der Waals surface area contributed by atoms with Crippen molar-refractivity contribution in [2.75, 3.05) is 0 Å². The van der Waals surface area contributed by atoms with Gasteiger partial charge in [-0.3, -0.25) is 4.98 Å². The molecule has 0 spiro atoms. The fourth-order valence-corrected chi connectivity index (χ4v) is 8.00. The van der Waals surface area contributed by atoms with E-state index in [-0.39, 0.29) is 0 Å². The molecular formula is C39H23NS. The monoisotopic (exact) mass is 537 g/mol. The van der Waals surface area contributed by atoms with Gasteiger partial charge < -0.3 is 0 Å². The Balaban J connectivity index is 1.45. The van der Waals surface area contributed by atoms with Crippen LogP contribution >= 0.6 is 11.3 Å². The molecule has 41 heavy (non-hydrogen) atoms. The molecular weight excluding hydrogens is 515 g/mol. The molecule has 0 atom stereocenters. The van der Waals surface area contributed by atoms with E-state index in [4.69, 9.17) is 4.98 Å². The first-order valence-electron chi connectivity index (χ1n) is 14.0. The van der Waals surface area contributed by atoms with Gasteiger partial charge >= 0.3 is 0 Å². The molecule has 0 N–H and O–H groups in total. The van der Waals surface area contributed by atoms with Crippen LogP contribution in [0.4, 0.5) is 0 Å². The summed E-state index contributed by atoms with van der Waals surface area (Å²) >= 11 is 1.89. The van der Waals surface area contributed by atoms with Gasteiger partial charge in [-0.05, 0) is 56.6 Å². The smallest absolute Gasteiger partial charge is 0.0786 e. The molecule has 6 aromatic carbocycles.